The van der Waals surface area contributed by atoms with Crippen molar-refractivity contribution < 1.29 is 14.3 Å². The van der Waals surface area contributed by atoms with Gasteiger partial charge in [0.2, 0.25) is 0 Å². The van der Waals surface area contributed by atoms with Gasteiger partial charge in [-0.2, -0.15) is 5.26 Å². The molecule has 0 spiro atoms. The Labute approximate surface area is 157 Å². The van der Waals surface area contributed by atoms with Gasteiger partial charge in [-0.15, -0.1) is 0 Å². The van der Waals surface area contributed by atoms with Crippen molar-refractivity contribution in [3.05, 3.63) is 28.8 Å². The molecule has 2 fully saturated rings. The van der Waals surface area contributed by atoms with Crippen molar-refractivity contribution in [1.29, 1.82) is 5.26 Å². The van der Waals surface area contributed by atoms with Gasteiger partial charge in [0, 0.05) is 31.7 Å². The molecular weight excluding hydrogens is 356 g/mol. The minimum atomic E-state index is -0.303. The zero-order chi connectivity index (χ0) is 18.5. The lowest BCUT2D eigenvalue weighted by Gasteiger charge is -2.30. The Morgan fingerprint density at radius 2 is 2.00 bits per heavy atom. The quantitative estimate of drug-likeness (QED) is 0.859. The van der Waals surface area contributed by atoms with Crippen LogP contribution in [0.3, 0.4) is 0 Å². The molecule has 26 heavy (non-hydrogen) atoms. The summed E-state index contributed by atoms with van der Waals surface area (Å²) in [5.74, 6) is -0.248. The SMILES string of the molecule is N#CC1CCCN(C(=O)Nc2cc(C(=O)N3CCOCC3)ccc2Cl)C1. The Morgan fingerprint density at radius 1 is 1.23 bits per heavy atom. The number of ether oxygens (including phenoxy) is 1. The minimum Gasteiger partial charge on any atom is -0.378 e. The highest BCUT2D eigenvalue weighted by molar-refractivity contribution is 6.33. The summed E-state index contributed by atoms with van der Waals surface area (Å²) < 4.78 is 5.27. The number of benzene rings is 1. The zero-order valence-corrected chi connectivity index (χ0v) is 15.2. The van der Waals surface area contributed by atoms with Gasteiger partial charge in [-0.25, -0.2) is 4.79 Å². The Balaban J connectivity index is 1.70. The molecule has 1 unspecified atom stereocenters. The number of urea groups is 1. The van der Waals surface area contributed by atoms with E-state index in [4.69, 9.17) is 21.6 Å². The standard InChI is InChI=1S/C18H21ClN4O3/c19-15-4-3-14(17(24)22-6-8-26-9-7-22)10-16(15)21-18(25)23-5-1-2-13(11-20)12-23/h3-4,10,13H,1-2,5-9,12H2,(H,21,25). The van der Waals surface area contributed by atoms with E-state index in [0.29, 0.717) is 55.7 Å². The summed E-state index contributed by atoms with van der Waals surface area (Å²) in [6, 6.07) is 6.78. The minimum absolute atomic E-state index is 0.108. The van der Waals surface area contributed by atoms with E-state index >= 15 is 0 Å². The van der Waals surface area contributed by atoms with Crippen LogP contribution in [-0.2, 0) is 4.74 Å². The van der Waals surface area contributed by atoms with Gasteiger partial charge in [0.05, 0.1) is 35.9 Å². The van der Waals surface area contributed by atoms with Crippen LogP contribution >= 0.6 is 11.6 Å². The van der Waals surface area contributed by atoms with Gasteiger partial charge < -0.3 is 19.9 Å². The van der Waals surface area contributed by atoms with Crippen molar-refractivity contribution in [2.75, 3.05) is 44.7 Å². The van der Waals surface area contributed by atoms with Gasteiger partial charge in [-0.3, -0.25) is 4.79 Å². The second kappa shape index (κ2) is 8.39. The predicted octanol–water partition coefficient (Wildman–Crippen LogP) is 2.58. The van der Waals surface area contributed by atoms with Crippen molar-refractivity contribution in [2.45, 2.75) is 12.8 Å². The first-order valence-electron chi connectivity index (χ1n) is 8.70. The third kappa shape index (κ3) is 4.26. The number of anilines is 1. The number of morpholine rings is 1. The second-order valence-corrected chi connectivity index (χ2v) is 6.85. The molecule has 0 radical (unpaired) electrons. The molecule has 2 aliphatic heterocycles. The van der Waals surface area contributed by atoms with Crippen LogP contribution < -0.4 is 5.32 Å². The highest BCUT2D eigenvalue weighted by Gasteiger charge is 2.24. The molecule has 2 aliphatic rings. The first kappa shape index (κ1) is 18.5. The number of nitrogens with one attached hydrogen (secondary N) is 1. The van der Waals surface area contributed by atoms with E-state index in [0.717, 1.165) is 12.8 Å². The molecule has 1 atom stereocenters. The summed E-state index contributed by atoms with van der Waals surface area (Å²) in [6.45, 7) is 3.16. The van der Waals surface area contributed by atoms with Gasteiger partial charge in [-0.1, -0.05) is 11.6 Å². The van der Waals surface area contributed by atoms with Crippen LogP contribution in [0.25, 0.3) is 0 Å². The number of piperidine rings is 1. The van der Waals surface area contributed by atoms with Gasteiger partial charge in [0.25, 0.3) is 5.91 Å². The smallest absolute Gasteiger partial charge is 0.321 e. The molecule has 0 aliphatic carbocycles. The van der Waals surface area contributed by atoms with Gasteiger partial charge in [-0.05, 0) is 31.0 Å². The Bertz CT molecular complexity index is 728. The van der Waals surface area contributed by atoms with Gasteiger partial charge >= 0.3 is 6.03 Å². The van der Waals surface area contributed by atoms with Crippen LogP contribution in [-0.4, -0.2) is 61.1 Å². The Kier molecular flexibility index (Phi) is 5.96. The summed E-state index contributed by atoms with van der Waals surface area (Å²) in [6.07, 6.45) is 1.61. The number of hydrogen-bond acceptors (Lipinski definition) is 4. The second-order valence-electron chi connectivity index (χ2n) is 6.44. The topological polar surface area (TPSA) is 85.7 Å². The molecule has 2 heterocycles. The molecule has 0 aromatic heterocycles. The maximum absolute atomic E-state index is 12.6. The molecule has 138 valence electrons. The first-order valence-corrected chi connectivity index (χ1v) is 9.08. The number of carbonyl (C=O) groups excluding carboxylic acids is 2. The van der Waals surface area contributed by atoms with Crippen LogP contribution in [0.2, 0.25) is 5.02 Å². The van der Waals surface area contributed by atoms with Crippen LogP contribution in [0, 0.1) is 17.2 Å². The highest BCUT2D eigenvalue weighted by atomic mass is 35.5. The molecule has 1 aromatic rings. The van der Waals surface area contributed by atoms with E-state index in [2.05, 4.69) is 11.4 Å². The van der Waals surface area contributed by atoms with Crippen LogP contribution in [0.4, 0.5) is 10.5 Å². The van der Waals surface area contributed by atoms with E-state index < -0.39 is 0 Å². The monoisotopic (exact) mass is 376 g/mol. The van der Waals surface area contributed by atoms with Crippen LogP contribution in [0.1, 0.15) is 23.2 Å². The van der Waals surface area contributed by atoms with Crippen LogP contribution in [0.15, 0.2) is 18.2 Å². The molecule has 0 saturated carbocycles. The molecule has 7 nitrogen and oxygen atoms in total. The first-order chi connectivity index (χ1) is 12.6. The van der Waals surface area contributed by atoms with E-state index in [1.807, 2.05) is 0 Å². The maximum Gasteiger partial charge on any atom is 0.321 e. The summed E-state index contributed by atoms with van der Waals surface area (Å²) in [4.78, 5) is 28.4. The lowest BCUT2D eigenvalue weighted by Crippen LogP contribution is -2.42. The number of carbonyl (C=O) groups is 2. The lowest BCUT2D eigenvalue weighted by atomic mass is 10.0. The number of amides is 3. The Hall–Kier alpha value is -2.30. The fourth-order valence-electron chi connectivity index (χ4n) is 3.16. The third-order valence-corrected chi connectivity index (χ3v) is 4.97. The van der Waals surface area contributed by atoms with Crippen molar-refractivity contribution >= 4 is 29.2 Å². The largest absolute Gasteiger partial charge is 0.378 e. The van der Waals surface area contributed by atoms with E-state index in [1.54, 1.807) is 28.0 Å². The summed E-state index contributed by atoms with van der Waals surface area (Å²) in [5.41, 5.74) is 0.870. The average molecular weight is 377 g/mol. The number of halogens is 1. The third-order valence-electron chi connectivity index (χ3n) is 4.64. The highest BCUT2D eigenvalue weighted by Crippen LogP contribution is 2.25. The van der Waals surface area contributed by atoms with Crippen molar-refractivity contribution in [3.8, 4) is 6.07 Å². The molecule has 1 N–H and O–H groups in total. The zero-order valence-electron chi connectivity index (χ0n) is 14.4. The fraction of sp³-hybridized carbons (Fsp3) is 0.500. The molecular formula is C18H21ClN4O3. The average Bonchev–Trinajstić information content (AvgIpc) is 2.69. The number of rotatable bonds is 2. The van der Waals surface area contributed by atoms with Crippen molar-refractivity contribution in [2.24, 2.45) is 5.92 Å². The molecule has 2 saturated heterocycles. The Morgan fingerprint density at radius 3 is 2.73 bits per heavy atom. The number of likely N-dealkylation sites (tertiary alicyclic amines) is 1. The number of nitriles is 1. The van der Waals surface area contributed by atoms with Gasteiger partial charge in [0.15, 0.2) is 0 Å². The maximum atomic E-state index is 12.6. The number of hydrogen-bond donors (Lipinski definition) is 1. The van der Waals surface area contributed by atoms with E-state index in [1.165, 1.54) is 0 Å². The molecule has 3 amide bonds. The lowest BCUT2D eigenvalue weighted by molar-refractivity contribution is 0.0303. The number of nitrogens with zero attached hydrogens (tertiary/aromatic N) is 3. The van der Waals surface area contributed by atoms with E-state index in [9.17, 15) is 9.59 Å². The van der Waals surface area contributed by atoms with Crippen molar-refractivity contribution in [1.82, 2.24) is 9.80 Å². The van der Waals surface area contributed by atoms with Crippen molar-refractivity contribution in [3.63, 3.8) is 0 Å². The normalized spacial score (nSPS) is 20.4. The molecule has 3 rings (SSSR count). The van der Waals surface area contributed by atoms with E-state index in [-0.39, 0.29) is 17.9 Å². The summed E-state index contributed by atoms with van der Waals surface area (Å²) in [7, 11) is 0. The molecule has 0 bridgehead atoms. The summed E-state index contributed by atoms with van der Waals surface area (Å²) >= 11 is 6.20. The van der Waals surface area contributed by atoms with Gasteiger partial charge in [0.1, 0.15) is 0 Å². The van der Waals surface area contributed by atoms with Crippen LogP contribution in [0.5, 0.6) is 0 Å². The molecule has 8 heteroatoms. The predicted molar refractivity (Wildman–Crippen MR) is 97.1 cm³/mol. The fourth-order valence-corrected chi connectivity index (χ4v) is 3.33. The molecule has 1 aromatic carbocycles. The summed E-state index contributed by atoms with van der Waals surface area (Å²) in [5, 5.41) is 12.2.